The van der Waals surface area contributed by atoms with E-state index in [1.165, 1.54) is 0 Å². The summed E-state index contributed by atoms with van der Waals surface area (Å²) in [6.07, 6.45) is 0.528. The van der Waals surface area contributed by atoms with E-state index in [0.717, 1.165) is 0 Å². The van der Waals surface area contributed by atoms with E-state index in [-0.39, 0.29) is 25.2 Å². The average Bonchev–Trinajstić information content (AvgIpc) is 2.37. The highest BCUT2D eigenvalue weighted by Crippen LogP contribution is 2.25. The van der Waals surface area contributed by atoms with Gasteiger partial charge in [0.25, 0.3) is 5.91 Å². The molecule has 0 bridgehead atoms. The Kier molecular flexibility index (Phi) is 6.00. The molecule has 1 amide bonds. The first-order chi connectivity index (χ1) is 8.67. The first-order valence-electron chi connectivity index (χ1n) is 5.83. The van der Waals surface area contributed by atoms with Crippen molar-refractivity contribution in [3.63, 3.8) is 0 Å². The maximum absolute atomic E-state index is 11.5. The van der Waals surface area contributed by atoms with Crippen LogP contribution in [0.1, 0.15) is 13.3 Å². The largest absolute Gasteiger partial charge is 0.493 e. The second-order valence-corrected chi connectivity index (χ2v) is 3.92. The summed E-state index contributed by atoms with van der Waals surface area (Å²) in [4.78, 5) is 11.5. The van der Waals surface area contributed by atoms with E-state index in [4.69, 9.17) is 14.6 Å². The summed E-state index contributed by atoms with van der Waals surface area (Å²) in [6, 6.07) is 7.08. The Morgan fingerprint density at radius 3 is 2.67 bits per heavy atom. The van der Waals surface area contributed by atoms with Crippen LogP contribution in [0, 0.1) is 0 Å². The van der Waals surface area contributed by atoms with Crippen molar-refractivity contribution in [3.8, 4) is 11.5 Å². The van der Waals surface area contributed by atoms with Gasteiger partial charge in [-0.2, -0.15) is 0 Å². The fraction of sp³-hybridized carbons (Fsp3) is 0.462. The van der Waals surface area contributed by atoms with E-state index in [2.05, 4.69) is 5.32 Å². The Bertz CT molecular complexity index is 381. The summed E-state index contributed by atoms with van der Waals surface area (Å²) < 4.78 is 10.5. The molecule has 1 unspecified atom stereocenters. The van der Waals surface area contributed by atoms with Crippen LogP contribution in [0.15, 0.2) is 24.3 Å². The number of aliphatic hydroxyl groups excluding tert-OH is 1. The summed E-state index contributed by atoms with van der Waals surface area (Å²) in [5.74, 6) is 0.903. The van der Waals surface area contributed by atoms with Crippen LogP contribution < -0.4 is 14.8 Å². The molecule has 2 N–H and O–H groups in total. The fourth-order valence-electron chi connectivity index (χ4n) is 1.46. The average molecular weight is 253 g/mol. The number of hydrogen-bond acceptors (Lipinski definition) is 4. The molecule has 0 spiro atoms. The molecule has 5 heteroatoms. The molecule has 0 aromatic heterocycles. The lowest BCUT2D eigenvalue weighted by molar-refractivity contribution is -0.123. The third kappa shape index (κ3) is 4.63. The second kappa shape index (κ2) is 7.55. The van der Waals surface area contributed by atoms with Gasteiger partial charge < -0.3 is 19.9 Å². The molecule has 0 aliphatic carbocycles. The predicted molar refractivity (Wildman–Crippen MR) is 67.8 cm³/mol. The number of carbonyl (C=O) groups is 1. The van der Waals surface area contributed by atoms with Crippen LogP contribution in [0.3, 0.4) is 0 Å². The number of methoxy groups -OCH3 is 1. The molecule has 0 radical (unpaired) electrons. The number of carbonyl (C=O) groups excluding carboxylic acids is 1. The van der Waals surface area contributed by atoms with E-state index in [1.807, 2.05) is 19.1 Å². The molecular formula is C13H19NO4. The number of rotatable bonds is 7. The highest BCUT2D eigenvalue weighted by molar-refractivity contribution is 5.77. The van der Waals surface area contributed by atoms with Crippen molar-refractivity contribution in [2.75, 3.05) is 20.3 Å². The molecular weight excluding hydrogens is 234 g/mol. The van der Waals surface area contributed by atoms with Crippen LogP contribution in [0.25, 0.3) is 0 Å². The zero-order valence-electron chi connectivity index (χ0n) is 10.7. The van der Waals surface area contributed by atoms with E-state index >= 15 is 0 Å². The lowest BCUT2D eigenvalue weighted by atomic mass is 10.2. The van der Waals surface area contributed by atoms with E-state index in [9.17, 15) is 4.79 Å². The zero-order chi connectivity index (χ0) is 13.4. The Hall–Kier alpha value is -1.75. The molecule has 0 heterocycles. The van der Waals surface area contributed by atoms with Gasteiger partial charge in [-0.15, -0.1) is 0 Å². The van der Waals surface area contributed by atoms with Crippen LogP contribution in [0.2, 0.25) is 0 Å². The quantitative estimate of drug-likeness (QED) is 0.759. The molecule has 0 fully saturated rings. The van der Waals surface area contributed by atoms with Gasteiger partial charge in [0.15, 0.2) is 18.1 Å². The van der Waals surface area contributed by atoms with Crippen LogP contribution in [0.4, 0.5) is 0 Å². The normalized spacial score (nSPS) is 11.7. The van der Waals surface area contributed by atoms with Crippen molar-refractivity contribution < 1.29 is 19.4 Å². The highest BCUT2D eigenvalue weighted by Gasteiger charge is 2.09. The topological polar surface area (TPSA) is 67.8 Å². The Morgan fingerprint density at radius 2 is 2.06 bits per heavy atom. The Labute approximate surface area is 107 Å². The first kappa shape index (κ1) is 14.3. The number of para-hydroxylation sites is 2. The number of ether oxygens (including phenoxy) is 2. The first-order valence-corrected chi connectivity index (χ1v) is 5.83. The summed E-state index contributed by atoms with van der Waals surface area (Å²) >= 11 is 0. The summed E-state index contributed by atoms with van der Waals surface area (Å²) in [5, 5.41) is 11.5. The van der Waals surface area contributed by atoms with E-state index < -0.39 is 0 Å². The molecule has 18 heavy (non-hydrogen) atoms. The minimum absolute atomic E-state index is 0.0504. The monoisotopic (exact) mass is 253 g/mol. The van der Waals surface area contributed by atoms with Crippen molar-refractivity contribution >= 4 is 5.91 Å². The van der Waals surface area contributed by atoms with Gasteiger partial charge in [0.2, 0.25) is 0 Å². The van der Waals surface area contributed by atoms with Gasteiger partial charge in [-0.1, -0.05) is 12.1 Å². The molecule has 1 aromatic rings. The predicted octanol–water partition coefficient (Wildman–Crippen LogP) is 0.961. The van der Waals surface area contributed by atoms with Gasteiger partial charge in [-0.25, -0.2) is 0 Å². The zero-order valence-corrected chi connectivity index (χ0v) is 10.7. The molecule has 1 aromatic carbocycles. The lowest BCUT2D eigenvalue weighted by Gasteiger charge is -2.14. The smallest absolute Gasteiger partial charge is 0.258 e. The molecule has 100 valence electrons. The van der Waals surface area contributed by atoms with Gasteiger partial charge >= 0.3 is 0 Å². The maximum Gasteiger partial charge on any atom is 0.258 e. The highest BCUT2D eigenvalue weighted by atomic mass is 16.5. The molecule has 0 aliphatic rings. The number of amides is 1. The van der Waals surface area contributed by atoms with Gasteiger partial charge in [-0.3, -0.25) is 4.79 Å². The SMILES string of the molecule is COc1ccccc1OCC(=O)NC(C)CCO. The standard InChI is InChI=1S/C13H19NO4/c1-10(7-8-15)14-13(16)9-18-12-6-4-3-5-11(12)17-2/h3-6,10,15H,7-9H2,1-2H3,(H,14,16). The fourth-order valence-corrected chi connectivity index (χ4v) is 1.46. The summed E-state index contributed by atoms with van der Waals surface area (Å²) in [7, 11) is 1.55. The molecule has 1 rings (SSSR count). The number of aliphatic hydroxyl groups is 1. The maximum atomic E-state index is 11.5. The van der Waals surface area contributed by atoms with Crippen molar-refractivity contribution in [2.24, 2.45) is 0 Å². The summed E-state index contributed by atoms with van der Waals surface area (Å²) in [6.45, 7) is 1.81. The lowest BCUT2D eigenvalue weighted by Crippen LogP contribution is -2.36. The van der Waals surface area contributed by atoms with Crippen molar-refractivity contribution in [2.45, 2.75) is 19.4 Å². The summed E-state index contributed by atoms with van der Waals surface area (Å²) in [5.41, 5.74) is 0. The van der Waals surface area contributed by atoms with Gasteiger partial charge in [0.05, 0.1) is 7.11 Å². The molecule has 5 nitrogen and oxygen atoms in total. The van der Waals surface area contributed by atoms with Gasteiger partial charge in [0, 0.05) is 12.6 Å². The Balaban J connectivity index is 2.42. The van der Waals surface area contributed by atoms with Crippen LogP contribution >= 0.6 is 0 Å². The minimum atomic E-state index is -0.221. The molecule has 1 atom stereocenters. The van der Waals surface area contributed by atoms with Crippen molar-refractivity contribution in [3.05, 3.63) is 24.3 Å². The van der Waals surface area contributed by atoms with E-state index in [1.54, 1.807) is 19.2 Å². The van der Waals surface area contributed by atoms with E-state index in [0.29, 0.717) is 17.9 Å². The van der Waals surface area contributed by atoms with Crippen LogP contribution in [-0.4, -0.2) is 37.4 Å². The van der Waals surface area contributed by atoms with Crippen molar-refractivity contribution in [1.29, 1.82) is 0 Å². The number of hydrogen-bond donors (Lipinski definition) is 2. The van der Waals surface area contributed by atoms with Crippen molar-refractivity contribution in [1.82, 2.24) is 5.32 Å². The molecule has 0 saturated heterocycles. The third-order valence-electron chi connectivity index (χ3n) is 2.40. The number of benzene rings is 1. The third-order valence-corrected chi connectivity index (χ3v) is 2.40. The van der Waals surface area contributed by atoms with Gasteiger partial charge in [0.1, 0.15) is 0 Å². The van der Waals surface area contributed by atoms with Crippen LogP contribution in [-0.2, 0) is 4.79 Å². The number of nitrogens with one attached hydrogen (secondary N) is 1. The minimum Gasteiger partial charge on any atom is -0.493 e. The molecule has 0 saturated carbocycles. The molecule has 0 aliphatic heterocycles. The second-order valence-electron chi connectivity index (χ2n) is 3.92. The van der Waals surface area contributed by atoms with Crippen LogP contribution in [0.5, 0.6) is 11.5 Å². The Morgan fingerprint density at radius 1 is 1.39 bits per heavy atom. The van der Waals surface area contributed by atoms with Gasteiger partial charge in [-0.05, 0) is 25.5 Å².